The van der Waals surface area contributed by atoms with E-state index >= 15 is 0 Å². The van der Waals surface area contributed by atoms with Gasteiger partial charge in [-0.3, -0.25) is 9.59 Å². The summed E-state index contributed by atoms with van der Waals surface area (Å²) in [5, 5.41) is 13.2. The minimum Gasteiger partial charge on any atom is -0.396 e. The Labute approximate surface area is 159 Å². The third-order valence-electron chi connectivity index (χ3n) is 6.44. The van der Waals surface area contributed by atoms with Crippen LogP contribution in [0.25, 0.3) is 0 Å². The molecule has 1 spiro atoms. The lowest BCUT2D eigenvalue weighted by Gasteiger charge is -2.48. The highest BCUT2D eigenvalue weighted by atomic mass is 16.5. The number of likely N-dealkylation sites (tertiary alicyclic amines) is 2. The number of aromatic nitrogens is 1. The number of piperidine rings is 2. The first kappa shape index (κ1) is 18.5. The number of nitrogens with zero attached hydrogens (tertiary/aromatic N) is 3. The van der Waals surface area contributed by atoms with Gasteiger partial charge in [-0.1, -0.05) is 5.16 Å². The maximum absolute atomic E-state index is 13.2. The fourth-order valence-corrected chi connectivity index (χ4v) is 4.98. The van der Waals surface area contributed by atoms with Gasteiger partial charge in [0.1, 0.15) is 5.76 Å². The topological polar surface area (TPSA) is 86.9 Å². The Balaban J connectivity index is 1.48. The van der Waals surface area contributed by atoms with Gasteiger partial charge in [0.25, 0.3) is 5.91 Å². The zero-order chi connectivity index (χ0) is 18.9. The summed E-state index contributed by atoms with van der Waals surface area (Å²) in [6.45, 7) is 2.80. The monoisotopic (exact) mass is 375 g/mol. The summed E-state index contributed by atoms with van der Waals surface area (Å²) in [4.78, 5) is 29.2. The Morgan fingerprint density at radius 3 is 2.85 bits per heavy atom. The smallest absolute Gasteiger partial charge is 0.276 e. The molecule has 1 N–H and O–H groups in total. The van der Waals surface area contributed by atoms with Crippen LogP contribution in [0.2, 0.25) is 0 Å². The van der Waals surface area contributed by atoms with Crippen molar-refractivity contribution in [2.75, 3.05) is 32.8 Å². The van der Waals surface area contributed by atoms with Gasteiger partial charge >= 0.3 is 0 Å². The molecule has 2 amide bonds. The van der Waals surface area contributed by atoms with Crippen molar-refractivity contribution in [2.24, 2.45) is 5.41 Å². The quantitative estimate of drug-likeness (QED) is 0.867. The van der Waals surface area contributed by atoms with Gasteiger partial charge in [-0.05, 0) is 44.9 Å². The van der Waals surface area contributed by atoms with Crippen LogP contribution in [-0.4, -0.2) is 64.7 Å². The lowest BCUT2D eigenvalue weighted by molar-refractivity contribution is -0.139. The summed E-state index contributed by atoms with van der Waals surface area (Å²) in [6, 6.07) is 0. The molecule has 3 aliphatic rings. The van der Waals surface area contributed by atoms with E-state index in [0.717, 1.165) is 62.8 Å². The highest BCUT2D eigenvalue weighted by Gasteiger charge is 2.43. The molecule has 3 heterocycles. The van der Waals surface area contributed by atoms with Crippen LogP contribution in [-0.2, 0) is 17.6 Å². The summed E-state index contributed by atoms with van der Waals surface area (Å²) in [5.41, 5.74) is 1.49. The Hall–Kier alpha value is -1.89. The summed E-state index contributed by atoms with van der Waals surface area (Å²) in [6.07, 6.45) is 7.90. The predicted octanol–water partition coefficient (Wildman–Crippen LogP) is 1.78. The number of carbonyl (C=O) groups is 2. The lowest BCUT2D eigenvalue weighted by Crippen LogP contribution is -2.55. The number of hydrogen-bond donors (Lipinski definition) is 1. The highest BCUT2D eigenvalue weighted by molar-refractivity contribution is 5.94. The number of carbonyl (C=O) groups excluding carboxylic acids is 2. The Kier molecular flexibility index (Phi) is 5.21. The van der Waals surface area contributed by atoms with Gasteiger partial charge in [-0.15, -0.1) is 0 Å². The van der Waals surface area contributed by atoms with Crippen molar-refractivity contribution in [1.82, 2.24) is 15.0 Å². The van der Waals surface area contributed by atoms with Gasteiger partial charge in [0, 0.05) is 56.6 Å². The Morgan fingerprint density at radius 1 is 1.15 bits per heavy atom. The molecule has 27 heavy (non-hydrogen) atoms. The maximum atomic E-state index is 13.2. The third kappa shape index (κ3) is 3.61. The van der Waals surface area contributed by atoms with E-state index in [9.17, 15) is 9.59 Å². The first-order valence-electron chi connectivity index (χ1n) is 10.3. The van der Waals surface area contributed by atoms with E-state index in [1.54, 1.807) is 0 Å². The average Bonchev–Trinajstić information content (AvgIpc) is 3.12. The number of aliphatic hydroxyl groups is 1. The van der Waals surface area contributed by atoms with Crippen molar-refractivity contribution in [3.8, 4) is 0 Å². The molecular formula is C20H29N3O4. The van der Waals surface area contributed by atoms with Crippen LogP contribution in [0.3, 0.4) is 0 Å². The molecular weight excluding hydrogens is 346 g/mol. The van der Waals surface area contributed by atoms with Gasteiger partial charge < -0.3 is 19.4 Å². The molecule has 0 bridgehead atoms. The molecule has 0 saturated carbocycles. The molecule has 1 aromatic heterocycles. The van der Waals surface area contributed by atoms with E-state index in [2.05, 4.69) is 5.16 Å². The molecule has 7 heteroatoms. The standard InChI is InChI=1S/C20H29N3O4/c24-12-4-11-22-13-20(9-7-17(22)25)8-3-10-23(14-20)19(26)18-15-5-1-2-6-16(15)27-21-18/h24H,1-14H2. The molecule has 2 saturated heterocycles. The molecule has 0 radical (unpaired) electrons. The molecule has 1 aromatic rings. The van der Waals surface area contributed by atoms with E-state index in [-0.39, 0.29) is 23.8 Å². The SMILES string of the molecule is O=C1CCC2(CCCN(C(=O)c3noc4c3CCCC4)C2)CN1CCCO. The van der Waals surface area contributed by atoms with Crippen molar-refractivity contribution in [2.45, 2.75) is 57.8 Å². The summed E-state index contributed by atoms with van der Waals surface area (Å²) in [7, 11) is 0. The molecule has 148 valence electrons. The average molecular weight is 375 g/mol. The minimum absolute atomic E-state index is 0.0141. The second-order valence-corrected chi connectivity index (χ2v) is 8.36. The normalized spacial score (nSPS) is 25.7. The van der Waals surface area contributed by atoms with Crippen LogP contribution in [0.4, 0.5) is 0 Å². The number of fused-ring (bicyclic) bond motifs is 1. The molecule has 4 rings (SSSR count). The number of aliphatic hydroxyl groups excluding tert-OH is 1. The van der Waals surface area contributed by atoms with E-state index in [0.29, 0.717) is 38.2 Å². The first-order valence-corrected chi connectivity index (χ1v) is 10.3. The van der Waals surface area contributed by atoms with Crippen molar-refractivity contribution in [3.63, 3.8) is 0 Å². The fraction of sp³-hybridized carbons (Fsp3) is 0.750. The third-order valence-corrected chi connectivity index (χ3v) is 6.44. The van der Waals surface area contributed by atoms with Gasteiger partial charge in [0.15, 0.2) is 5.69 Å². The number of amides is 2. The van der Waals surface area contributed by atoms with E-state index in [1.807, 2.05) is 9.80 Å². The van der Waals surface area contributed by atoms with E-state index < -0.39 is 0 Å². The van der Waals surface area contributed by atoms with Crippen LogP contribution in [0.15, 0.2) is 4.52 Å². The van der Waals surface area contributed by atoms with Gasteiger partial charge in [0.05, 0.1) is 0 Å². The summed E-state index contributed by atoms with van der Waals surface area (Å²) < 4.78 is 5.44. The zero-order valence-corrected chi connectivity index (χ0v) is 15.9. The second-order valence-electron chi connectivity index (χ2n) is 8.36. The molecule has 1 unspecified atom stereocenters. The van der Waals surface area contributed by atoms with Crippen molar-refractivity contribution in [3.05, 3.63) is 17.0 Å². The van der Waals surface area contributed by atoms with Crippen LogP contribution in [0.5, 0.6) is 0 Å². The van der Waals surface area contributed by atoms with Crippen molar-refractivity contribution < 1.29 is 19.2 Å². The fourth-order valence-electron chi connectivity index (χ4n) is 4.98. The van der Waals surface area contributed by atoms with Crippen LogP contribution in [0.1, 0.15) is 66.8 Å². The van der Waals surface area contributed by atoms with Crippen molar-refractivity contribution in [1.29, 1.82) is 0 Å². The van der Waals surface area contributed by atoms with Gasteiger partial charge in [-0.25, -0.2) is 0 Å². The van der Waals surface area contributed by atoms with E-state index in [4.69, 9.17) is 9.63 Å². The largest absolute Gasteiger partial charge is 0.396 e. The Morgan fingerprint density at radius 2 is 2.00 bits per heavy atom. The number of rotatable bonds is 4. The second kappa shape index (κ2) is 7.62. The molecule has 7 nitrogen and oxygen atoms in total. The minimum atomic E-state index is -0.0267. The van der Waals surface area contributed by atoms with Crippen LogP contribution >= 0.6 is 0 Å². The highest BCUT2D eigenvalue weighted by Crippen LogP contribution is 2.39. The van der Waals surface area contributed by atoms with Crippen molar-refractivity contribution >= 4 is 11.8 Å². The molecule has 1 atom stereocenters. The zero-order valence-electron chi connectivity index (χ0n) is 15.9. The maximum Gasteiger partial charge on any atom is 0.276 e. The first-order chi connectivity index (χ1) is 13.1. The van der Waals surface area contributed by atoms with E-state index in [1.165, 1.54) is 0 Å². The molecule has 2 fully saturated rings. The lowest BCUT2D eigenvalue weighted by atomic mass is 9.73. The molecule has 0 aromatic carbocycles. The van der Waals surface area contributed by atoms with Crippen LogP contribution in [0, 0.1) is 5.41 Å². The number of hydrogen-bond acceptors (Lipinski definition) is 5. The van der Waals surface area contributed by atoms with Gasteiger partial charge in [0.2, 0.25) is 5.91 Å². The summed E-state index contributed by atoms with van der Waals surface area (Å²) >= 11 is 0. The number of aryl methyl sites for hydroxylation is 1. The molecule has 2 aliphatic heterocycles. The van der Waals surface area contributed by atoms with Crippen LogP contribution < -0.4 is 0 Å². The summed E-state index contributed by atoms with van der Waals surface area (Å²) in [5.74, 6) is 1.04. The molecule has 1 aliphatic carbocycles. The van der Waals surface area contributed by atoms with Gasteiger partial charge in [-0.2, -0.15) is 0 Å². The predicted molar refractivity (Wildman–Crippen MR) is 98.2 cm³/mol. The Bertz CT molecular complexity index is 716.